The van der Waals surface area contributed by atoms with Gasteiger partial charge >= 0.3 is 0 Å². The zero-order valence-corrected chi connectivity index (χ0v) is 16.8. The van der Waals surface area contributed by atoms with Crippen molar-refractivity contribution < 1.29 is 9.47 Å². The van der Waals surface area contributed by atoms with Crippen molar-refractivity contribution in [3.05, 3.63) is 94.5 Å². The lowest BCUT2D eigenvalue weighted by Crippen LogP contribution is -2.33. The van der Waals surface area contributed by atoms with Gasteiger partial charge in [0.1, 0.15) is 11.5 Å². The molecule has 0 saturated heterocycles. The molecule has 0 radical (unpaired) electrons. The number of para-hydroxylation sites is 1. The van der Waals surface area contributed by atoms with Gasteiger partial charge in [0.15, 0.2) is 0 Å². The van der Waals surface area contributed by atoms with E-state index in [4.69, 9.17) is 26.2 Å². The summed E-state index contributed by atoms with van der Waals surface area (Å²) in [4.78, 5) is 0. The number of rotatable bonds is 4. The average molecular weight is 405 g/mol. The van der Waals surface area contributed by atoms with Crippen LogP contribution in [0.25, 0.3) is 0 Å². The van der Waals surface area contributed by atoms with Crippen molar-refractivity contribution in [3.8, 4) is 11.5 Å². The molecule has 146 valence electrons. The van der Waals surface area contributed by atoms with Crippen molar-refractivity contribution in [1.82, 2.24) is 5.01 Å². The summed E-state index contributed by atoms with van der Waals surface area (Å²) >= 11 is 6.51. The number of hydrazone groups is 1. The molecule has 0 saturated carbocycles. The van der Waals surface area contributed by atoms with Crippen LogP contribution in [-0.2, 0) is 0 Å². The molecular formula is C24H21ClN2O2. The molecule has 5 heteroatoms. The fourth-order valence-electron chi connectivity index (χ4n) is 4.00. The Bertz CT molecular complexity index is 1060. The van der Waals surface area contributed by atoms with Gasteiger partial charge in [-0.05, 0) is 48.9 Å². The van der Waals surface area contributed by atoms with Crippen molar-refractivity contribution in [1.29, 1.82) is 0 Å². The number of fused-ring (bicyclic) bond motifs is 3. The van der Waals surface area contributed by atoms with Crippen LogP contribution >= 0.6 is 11.6 Å². The zero-order valence-electron chi connectivity index (χ0n) is 16.1. The van der Waals surface area contributed by atoms with E-state index >= 15 is 0 Å². The van der Waals surface area contributed by atoms with Gasteiger partial charge in [-0.2, -0.15) is 5.10 Å². The van der Waals surface area contributed by atoms with Crippen molar-refractivity contribution in [2.24, 2.45) is 5.10 Å². The second-order valence-corrected chi connectivity index (χ2v) is 7.54. The van der Waals surface area contributed by atoms with Gasteiger partial charge < -0.3 is 9.47 Å². The summed E-state index contributed by atoms with van der Waals surface area (Å²) in [5.74, 6) is 1.76. The maximum Gasteiger partial charge on any atom is 0.215 e. The third-order valence-electron chi connectivity index (χ3n) is 5.37. The Kier molecular flexibility index (Phi) is 4.64. The maximum absolute atomic E-state index is 6.51. The summed E-state index contributed by atoms with van der Waals surface area (Å²) in [6.07, 6.45) is 0.457. The van der Waals surface area contributed by atoms with Crippen molar-refractivity contribution in [2.75, 3.05) is 6.61 Å². The number of benzene rings is 3. The zero-order chi connectivity index (χ0) is 19.8. The van der Waals surface area contributed by atoms with Crippen LogP contribution in [0, 0.1) is 0 Å². The predicted octanol–water partition coefficient (Wildman–Crippen LogP) is 5.98. The number of hydrogen-bond acceptors (Lipinski definition) is 4. The Labute approximate surface area is 175 Å². The standard InChI is InChI=1S/C24H21ClN2O2/c1-2-28-17-13-11-16(12-14-17)21-15-22-19-8-4-6-10-23(19)29-24(27(22)26-21)18-7-3-5-9-20(18)25/h3-14,22,24H,2,15H2,1H3/t22-,24+/m0/s1. The van der Waals surface area contributed by atoms with E-state index < -0.39 is 0 Å². The van der Waals surface area contributed by atoms with Crippen molar-refractivity contribution >= 4 is 17.3 Å². The van der Waals surface area contributed by atoms with Gasteiger partial charge in [-0.25, -0.2) is 5.01 Å². The molecule has 0 unspecified atom stereocenters. The normalized spacial score (nSPS) is 19.8. The summed E-state index contributed by atoms with van der Waals surface area (Å²) in [5.41, 5.74) is 4.21. The largest absolute Gasteiger partial charge is 0.494 e. The molecule has 2 aliphatic heterocycles. The predicted molar refractivity (Wildman–Crippen MR) is 115 cm³/mol. The lowest BCUT2D eigenvalue weighted by molar-refractivity contribution is -0.0189. The Balaban J connectivity index is 1.55. The number of ether oxygens (including phenoxy) is 2. The summed E-state index contributed by atoms with van der Waals surface area (Å²) in [6.45, 7) is 2.64. The van der Waals surface area contributed by atoms with Gasteiger partial charge in [0, 0.05) is 22.6 Å². The molecule has 4 nitrogen and oxygen atoms in total. The van der Waals surface area contributed by atoms with Crippen molar-refractivity contribution in [3.63, 3.8) is 0 Å². The van der Waals surface area contributed by atoms with E-state index in [1.54, 1.807) is 0 Å². The van der Waals surface area contributed by atoms with Crippen LogP contribution in [0.1, 0.15) is 42.3 Å². The fourth-order valence-corrected chi connectivity index (χ4v) is 4.23. The molecule has 0 N–H and O–H groups in total. The van der Waals surface area contributed by atoms with Gasteiger partial charge in [0.05, 0.1) is 18.4 Å². The summed E-state index contributed by atoms with van der Waals surface area (Å²) in [5, 5.41) is 7.71. The second kappa shape index (κ2) is 7.45. The Hall–Kier alpha value is -2.98. The monoisotopic (exact) mass is 404 g/mol. The highest BCUT2D eigenvalue weighted by molar-refractivity contribution is 6.31. The quantitative estimate of drug-likeness (QED) is 0.536. The highest BCUT2D eigenvalue weighted by Gasteiger charge is 2.41. The lowest BCUT2D eigenvalue weighted by Gasteiger charge is -2.38. The van der Waals surface area contributed by atoms with Gasteiger partial charge in [-0.3, -0.25) is 0 Å². The molecule has 5 rings (SSSR count). The highest BCUT2D eigenvalue weighted by Crippen LogP contribution is 2.48. The van der Waals surface area contributed by atoms with Gasteiger partial charge in [-0.15, -0.1) is 0 Å². The smallest absolute Gasteiger partial charge is 0.215 e. The number of halogens is 1. The summed E-state index contributed by atoms with van der Waals surface area (Å²) < 4.78 is 11.9. The summed E-state index contributed by atoms with van der Waals surface area (Å²) in [7, 11) is 0. The number of hydrogen-bond donors (Lipinski definition) is 0. The van der Waals surface area contributed by atoms with Gasteiger partial charge in [0.25, 0.3) is 0 Å². The first kappa shape index (κ1) is 18.1. The first-order valence-corrected chi connectivity index (χ1v) is 10.2. The molecule has 3 aromatic rings. The lowest BCUT2D eigenvalue weighted by atomic mass is 9.96. The summed E-state index contributed by atoms with van der Waals surface area (Å²) in [6, 6.07) is 24.2. The molecule has 0 bridgehead atoms. The minimum atomic E-state index is -0.358. The molecular weight excluding hydrogens is 384 g/mol. The van der Waals surface area contributed by atoms with Crippen LogP contribution in [0.2, 0.25) is 5.02 Å². The SMILES string of the molecule is CCOc1ccc(C2=NN3[C@@H](c4ccccc4Cl)Oc4ccccc4[C@@H]3C2)cc1. The molecule has 0 spiro atoms. The Morgan fingerprint density at radius 2 is 1.72 bits per heavy atom. The maximum atomic E-state index is 6.51. The topological polar surface area (TPSA) is 34.1 Å². The minimum absolute atomic E-state index is 0.114. The molecule has 2 heterocycles. The molecule has 29 heavy (non-hydrogen) atoms. The molecule has 0 aromatic heterocycles. The van der Waals surface area contributed by atoms with Crippen LogP contribution in [0.15, 0.2) is 77.9 Å². The van der Waals surface area contributed by atoms with E-state index in [-0.39, 0.29) is 12.3 Å². The minimum Gasteiger partial charge on any atom is -0.494 e. The van der Waals surface area contributed by atoms with Crippen LogP contribution < -0.4 is 9.47 Å². The van der Waals surface area contributed by atoms with E-state index in [9.17, 15) is 0 Å². The second-order valence-electron chi connectivity index (χ2n) is 7.13. The van der Waals surface area contributed by atoms with Crippen LogP contribution in [0.3, 0.4) is 0 Å². The van der Waals surface area contributed by atoms with Crippen LogP contribution in [0.5, 0.6) is 11.5 Å². The third-order valence-corrected chi connectivity index (χ3v) is 5.71. The third kappa shape index (κ3) is 3.23. The van der Waals surface area contributed by atoms with Gasteiger partial charge in [0.2, 0.25) is 6.23 Å². The van der Waals surface area contributed by atoms with Crippen molar-refractivity contribution in [2.45, 2.75) is 25.6 Å². The van der Waals surface area contributed by atoms with E-state index in [0.717, 1.165) is 40.3 Å². The first-order chi connectivity index (χ1) is 14.2. The molecule has 0 fully saturated rings. The highest BCUT2D eigenvalue weighted by atomic mass is 35.5. The van der Waals surface area contributed by atoms with E-state index in [2.05, 4.69) is 23.2 Å². The molecule has 0 aliphatic carbocycles. The molecule has 2 atom stereocenters. The Morgan fingerprint density at radius 1 is 1.00 bits per heavy atom. The number of nitrogens with zero attached hydrogens (tertiary/aromatic N) is 2. The van der Waals surface area contributed by atoms with Crippen LogP contribution in [-0.4, -0.2) is 17.3 Å². The van der Waals surface area contributed by atoms with Crippen LogP contribution in [0.4, 0.5) is 0 Å². The first-order valence-electron chi connectivity index (χ1n) is 9.83. The van der Waals surface area contributed by atoms with E-state index in [1.807, 2.05) is 61.5 Å². The van der Waals surface area contributed by atoms with E-state index in [1.165, 1.54) is 0 Å². The average Bonchev–Trinajstić information content (AvgIpc) is 3.20. The molecule has 2 aliphatic rings. The molecule has 0 amide bonds. The Morgan fingerprint density at radius 3 is 2.48 bits per heavy atom. The molecule has 3 aromatic carbocycles. The van der Waals surface area contributed by atoms with Gasteiger partial charge in [-0.1, -0.05) is 48.0 Å². The van der Waals surface area contributed by atoms with E-state index in [0.29, 0.717) is 11.6 Å². The fraction of sp³-hybridized carbons (Fsp3) is 0.208.